The van der Waals surface area contributed by atoms with Gasteiger partial charge in [0.25, 0.3) is 0 Å². The van der Waals surface area contributed by atoms with E-state index in [9.17, 15) is 4.79 Å². The van der Waals surface area contributed by atoms with Gasteiger partial charge in [0, 0.05) is 13.1 Å². The number of primary amides is 1. The van der Waals surface area contributed by atoms with E-state index in [2.05, 4.69) is 12.2 Å². The van der Waals surface area contributed by atoms with Crippen LogP contribution in [-0.4, -0.2) is 37.1 Å². The Balaban J connectivity index is 2.07. The van der Waals surface area contributed by atoms with Crippen molar-refractivity contribution in [1.29, 1.82) is 0 Å². The summed E-state index contributed by atoms with van der Waals surface area (Å²) in [6.45, 7) is 6.24. The first kappa shape index (κ1) is 12.7. The number of urea groups is 1. The first-order chi connectivity index (χ1) is 8.18. The van der Waals surface area contributed by atoms with Gasteiger partial charge in [0.1, 0.15) is 0 Å². The van der Waals surface area contributed by atoms with Crippen molar-refractivity contribution in [3.05, 3.63) is 0 Å². The Bertz CT molecular complexity index is 274. The summed E-state index contributed by atoms with van der Waals surface area (Å²) in [6, 6.07) is -0.241. The van der Waals surface area contributed by atoms with Crippen molar-refractivity contribution < 1.29 is 4.79 Å². The summed E-state index contributed by atoms with van der Waals surface area (Å²) in [5.74, 6) is 0.649. The largest absolute Gasteiger partial charge is 0.351 e. The van der Waals surface area contributed by atoms with E-state index in [4.69, 9.17) is 5.73 Å². The van der Waals surface area contributed by atoms with E-state index in [1.165, 1.54) is 25.7 Å². The number of rotatable bonds is 2. The number of nitrogens with two attached hydrogens (primary N) is 1. The lowest BCUT2D eigenvalue weighted by Crippen LogP contribution is -2.54. The molecule has 2 saturated heterocycles. The summed E-state index contributed by atoms with van der Waals surface area (Å²) in [6.07, 6.45) is 6.10. The average Bonchev–Trinajstić information content (AvgIpc) is 2.33. The van der Waals surface area contributed by atoms with Crippen LogP contribution in [0.5, 0.6) is 0 Å². The molecule has 2 aliphatic heterocycles. The van der Waals surface area contributed by atoms with Gasteiger partial charge in [0.15, 0.2) is 0 Å². The molecule has 3 N–H and O–H groups in total. The van der Waals surface area contributed by atoms with E-state index in [0.29, 0.717) is 11.3 Å². The standard InChI is InChI=1S/C13H25N3O/c1-2-3-11-10-16(12(14)17)9-6-13(11)4-7-15-8-5-13/h11,15H,2-10H2,1H3,(H2,14,17). The number of amides is 2. The molecule has 0 aromatic rings. The first-order valence-electron chi connectivity index (χ1n) is 6.93. The zero-order chi connectivity index (χ0) is 12.3. The normalized spacial score (nSPS) is 28.3. The van der Waals surface area contributed by atoms with E-state index in [0.717, 1.165) is 32.6 Å². The van der Waals surface area contributed by atoms with Crippen molar-refractivity contribution in [2.45, 2.75) is 39.0 Å². The molecule has 0 aliphatic carbocycles. The second-order valence-corrected chi connectivity index (χ2v) is 5.63. The summed E-state index contributed by atoms with van der Waals surface area (Å²) >= 11 is 0. The summed E-state index contributed by atoms with van der Waals surface area (Å²) in [7, 11) is 0. The topological polar surface area (TPSA) is 58.4 Å². The Labute approximate surface area is 104 Å². The minimum absolute atomic E-state index is 0.241. The van der Waals surface area contributed by atoms with Crippen LogP contribution in [0.15, 0.2) is 0 Å². The Hall–Kier alpha value is -0.770. The predicted octanol–water partition coefficient (Wildman–Crippen LogP) is 1.56. The molecule has 1 unspecified atom stereocenters. The monoisotopic (exact) mass is 239 g/mol. The lowest BCUT2D eigenvalue weighted by molar-refractivity contribution is 0.0188. The van der Waals surface area contributed by atoms with Crippen LogP contribution in [0.4, 0.5) is 4.79 Å². The first-order valence-corrected chi connectivity index (χ1v) is 6.93. The second-order valence-electron chi connectivity index (χ2n) is 5.63. The molecule has 1 atom stereocenters. The number of hydrogen-bond donors (Lipinski definition) is 2. The Morgan fingerprint density at radius 2 is 2.12 bits per heavy atom. The lowest BCUT2D eigenvalue weighted by atomic mass is 9.63. The molecule has 0 aromatic heterocycles. The molecule has 0 radical (unpaired) electrons. The second kappa shape index (κ2) is 5.25. The van der Waals surface area contributed by atoms with Crippen LogP contribution in [0.25, 0.3) is 0 Å². The molecular weight excluding hydrogens is 214 g/mol. The van der Waals surface area contributed by atoms with Gasteiger partial charge in [-0.2, -0.15) is 0 Å². The number of likely N-dealkylation sites (tertiary alicyclic amines) is 1. The molecule has 4 nitrogen and oxygen atoms in total. The smallest absolute Gasteiger partial charge is 0.314 e. The molecule has 98 valence electrons. The van der Waals surface area contributed by atoms with Crippen molar-refractivity contribution in [3.8, 4) is 0 Å². The molecule has 2 amide bonds. The molecule has 2 aliphatic rings. The van der Waals surface area contributed by atoms with Gasteiger partial charge >= 0.3 is 6.03 Å². The molecule has 2 fully saturated rings. The highest BCUT2D eigenvalue weighted by Gasteiger charge is 2.43. The van der Waals surface area contributed by atoms with E-state index >= 15 is 0 Å². The fourth-order valence-corrected chi connectivity index (χ4v) is 3.64. The Morgan fingerprint density at radius 1 is 1.41 bits per heavy atom. The van der Waals surface area contributed by atoms with Crippen LogP contribution in [0.1, 0.15) is 39.0 Å². The number of hydrogen-bond acceptors (Lipinski definition) is 2. The molecule has 0 bridgehead atoms. The van der Waals surface area contributed by atoms with Crippen LogP contribution < -0.4 is 11.1 Å². The molecule has 1 spiro atoms. The zero-order valence-corrected chi connectivity index (χ0v) is 10.9. The number of nitrogens with zero attached hydrogens (tertiary/aromatic N) is 1. The minimum Gasteiger partial charge on any atom is -0.351 e. The highest BCUT2D eigenvalue weighted by atomic mass is 16.2. The highest BCUT2D eigenvalue weighted by molar-refractivity contribution is 5.72. The Kier molecular flexibility index (Phi) is 3.92. The Morgan fingerprint density at radius 3 is 2.71 bits per heavy atom. The van der Waals surface area contributed by atoms with Crippen LogP contribution in [0.3, 0.4) is 0 Å². The van der Waals surface area contributed by atoms with Gasteiger partial charge in [-0.1, -0.05) is 13.3 Å². The zero-order valence-electron chi connectivity index (χ0n) is 10.9. The van der Waals surface area contributed by atoms with Gasteiger partial charge in [0.2, 0.25) is 0 Å². The summed E-state index contributed by atoms with van der Waals surface area (Å²) in [4.78, 5) is 13.2. The maximum absolute atomic E-state index is 11.3. The van der Waals surface area contributed by atoms with Gasteiger partial charge in [-0.05, 0) is 50.1 Å². The van der Waals surface area contributed by atoms with Gasteiger partial charge < -0.3 is 16.0 Å². The number of carbonyl (C=O) groups is 1. The van der Waals surface area contributed by atoms with E-state index in [1.807, 2.05) is 4.90 Å². The molecule has 0 saturated carbocycles. The van der Waals surface area contributed by atoms with E-state index in [1.54, 1.807) is 0 Å². The third kappa shape index (κ3) is 2.57. The van der Waals surface area contributed by atoms with E-state index in [-0.39, 0.29) is 6.03 Å². The van der Waals surface area contributed by atoms with Gasteiger partial charge in [-0.25, -0.2) is 4.79 Å². The minimum atomic E-state index is -0.241. The van der Waals surface area contributed by atoms with Crippen molar-refractivity contribution >= 4 is 6.03 Å². The third-order valence-corrected chi connectivity index (χ3v) is 4.73. The van der Waals surface area contributed by atoms with Gasteiger partial charge in [-0.3, -0.25) is 0 Å². The number of carbonyl (C=O) groups excluding carboxylic acids is 1. The van der Waals surface area contributed by atoms with Gasteiger partial charge in [0.05, 0.1) is 0 Å². The highest BCUT2D eigenvalue weighted by Crippen LogP contribution is 2.45. The van der Waals surface area contributed by atoms with Crippen LogP contribution in [0.2, 0.25) is 0 Å². The van der Waals surface area contributed by atoms with Crippen molar-refractivity contribution in [2.24, 2.45) is 17.1 Å². The van der Waals surface area contributed by atoms with E-state index < -0.39 is 0 Å². The van der Waals surface area contributed by atoms with Gasteiger partial charge in [-0.15, -0.1) is 0 Å². The molecule has 0 aromatic carbocycles. The van der Waals surface area contributed by atoms with Crippen LogP contribution in [0, 0.1) is 11.3 Å². The summed E-state index contributed by atoms with van der Waals surface area (Å²) < 4.78 is 0. The molecule has 17 heavy (non-hydrogen) atoms. The lowest BCUT2D eigenvalue weighted by Gasteiger charge is -2.50. The fourth-order valence-electron chi connectivity index (χ4n) is 3.64. The molecule has 2 heterocycles. The predicted molar refractivity (Wildman–Crippen MR) is 68.7 cm³/mol. The maximum atomic E-state index is 11.3. The van der Waals surface area contributed by atoms with Crippen molar-refractivity contribution in [2.75, 3.05) is 26.2 Å². The van der Waals surface area contributed by atoms with Crippen molar-refractivity contribution in [1.82, 2.24) is 10.2 Å². The quantitative estimate of drug-likeness (QED) is 0.768. The molecule has 4 heteroatoms. The van der Waals surface area contributed by atoms with Crippen LogP contribution >= 0.6 is 0 Å². The average molecular weight is 239 g/mol. The SMILES string of the molecule is CCCC1CN(C(N)=O)CCC12CCNCC2. The molecular formula is C13H25N3O. The maximum Gasteiger partial charge on any atom is 0.314 e. The van der Waals surface area contributed by atoms with Crippen molar-refractivity contribution in [3.63, 3.8) is 0 Å². The number of nitrogens with one attached hydrogen (secondary N) is 1. The number of piperidine rings is 2. The van der Waals surface area contributed by atoms with Crippen LogP contribution in [-0.2, 0) is 0 Å². The fraction of sp³-hybridized carbons (Fsp3) is 0.923. The summed E-state index contributed by atoms with van der Waals surface area (Å²) in [5, 5.41) is 3.45. The summed E-state index contributed by atoms with van der Waals surface area (Å²) in [5.41, 5.74) is 5.90. The third-order valence-electron chi connectivity index (χ3n) is 4.73. The molecule has 2 rings (SSSR count).